The Kier molecular flexibility index (Phi) is 6.84. The average molecular weight is 391 g/mol. The van der Waals surface area contributed by atoms with Gasteiger partial charge in [0.15, 0.2) is 6.61 Å². The fourth-order valence-electron chi connectivity index (χ4n) is 2.53. The number of rotatable bonds is 8. The molecule has 0 saturated carbocycles. The van der Waals surface area contributed by atoms with Crippen LogP contribution in [0.15, 0.2) is 78.9 Å². The first kappa shape index (κ1) is 19.9. The first-order chi connectivity index (χ1) is 14.1. The van der Waals surface area contributed by atoms with Crippen molar-refractivity contribution in [2.24, 2.45) is 0 Å². The van der Waals surface area contributed by atoms with Crippen LogP contribution in [0.3, 0.4) is 0 Å². The maximum absolute atomic E-state index is 12.0. The summed E-state index contributed by atoms with van der Waals surface area (Å²) in [5.74, 6) is 1.24. The molecule has 3 aromatic rings. The van der Waals surface area contributed by atoms with E-state index in [0.717, 1.165) is 11.3 Å². The molecule has 0 fully saturated rings. The summed E-state index contributed by atoms with van der Waals surface area (Å²) < 4.78 is 16.0. The lowest BCUT2D eigenvalue weighted by molar-refractivity contribution is -0.123. The van der Waals surface area contributed by atoms with Crippen LogP contribution in [-0.2, 0) is 16.1 Å². The van der Waals surface area contributed by atoms with Crippen molar-refractivity contribution in [2.75, 3.05) is 13.7 Å². The summed E-state index contributed by atoms with van der Waals surface area (Å²) in [7, 11) is 1.33. The molecule has 0 aromatic heterocycles. The number of methoxy groups -OCH3 is 1. The molecule has 0 spiro atoms. The zero-order valence-corrected chi connectivity index (χ0v) is 16.0. The van der Waals surface area contributed by atoms with Gasteiger partial charge in [-0.2, -0.15) is 0 Å². The molecule has 148 valence electrons. The van der Waals surface area contributed by atoms with Crippen LogP contribution < -0.4 is 14.8 Å². The second-order valence-corrected chi connectivity index (χ2v) is 6.14. The van der Waals surface area contributed by atoms with Gasteiger partial charge in [0, 0.05) is 12.6 Å². The maximum Gasteiger partial charge on any atom is 0.337 e. The molecule has 29 heavy (non-hydrogen) atoms. The Balaban J connectivity index is 1.47. The van der Waals surface area contributed by atoms with E-state index in [4.69, 9.17) is 9.47 Å². The Labute approximate surface area is 169 Å². The van der Waals surface area contributed by atoms with Crippen molar-refractivity contribution in [1.29, 1.82) is 0 Å². The third-order valence-corrected chi connectivity index (χ3v) is 4.02. The molecule has 0 heterocycles. The van der Waals surface area contributed by atoms with Crippen LogP contribution in [0.1, 0.15) is 15.9 Å². The van der Waals surface area contributed by atoms with Gasteiger partial charge in [-0.15, -0.1) is 0 Å². The first-order valence-electron chi connectivity index (χ1n) is 9.04. The molecular formula is C23H21NO5. The predicted molar refractivity (Wildman–Crippen MR) is 108 cm³/mol. The minimum absolute atomic E-state index is 0.116. The number of carbonyl (C=O) groups is 2. The van der Waals surface area contributed by atoms with E-state index < -0.39 is 5.97 Å². The monoisotopic (exact) mass is 391 g/mol. The number of esters is 1. The standard InChI is InChI=1S/C23H21NO5/c1-27-23(26)18-12-10-17(11-13-18)15-24-22(25)16-28-20-8-5-9-21(14-20)29-19-6-3-2-4-7-19/h2-14H,15-16H2,1H3,(H,24,25). The Bertz CT molecular complexity index is 955. The van der Waals surface area contributed by atoms with Crippen LogP contribution in [0.25, 0.3) is 0 Å². The van der Waals surface area contributed by atoms with E-state index in [2.05, 4.69) is 10.1 Å². The van der Waals surface area contributed by atoms with E-state index in [-0.39, 0.29) is 12.5 Å². The van der Waals surface area contributed by atoms with Crippen LogP contribution in [0.4, 0.5) is 0 Å². The second-order valence-electron chi connectivity index (χ2n) is 6.14. The molecule has 0 bridgehead atoms. The quantitative estimate of drug-likeness (QED) is 0.589. The van der Waals surface area contributed by atoms with Crippen molar-refractivity contribution >= 4 is 11.9 Å². The fourth-order valence-corrected chi connectivity index (χ4v) is 2.53. The lowest BCUT2D eigenvalue weighted by Crippen LogP contribution is -2.28. The van der Waals surface area contributed by atoms with Crippen LogP contribution in [0.5, 0.6) is 17.2 Å². The number of para-hydroxylation sites is 1. The molecule has 0 atom stereocenters. The third-order valence-electron chi connectivity index (χ3n) is 4.02. The highest BCUT2D eigenvalue weighted by Crippen LogP contribution is 2.24. The zero-order valence-electron chi connectivity index (χ0n) is 16.0. The average Bonchev–Trinajstić information content (AvgIpc) is 2.77. The summed E-state index contributed by atoms with van der Waals surface area (Å²) in [4.78, 5) is 23.5. The minimum atomic E-state index is -0.396. The number of benzene rings is 3. The van der Waals surface area contributed by atoms with Crippen LogP contribution in [0.2, 0.25) is 0 Å². The Morgan fingerprint density at radius 1 is 0.828 bits per heavy atom. The topological polar surface area (TPSA) is 73.9 Å². The molecule has 0 aliphatic rings. The molecule has 3 rings (SSSR count). The molecule has 3 aromatic carbocycles. The number of amides is 1. The van der Waals surface area contributed by atoms with E-state index in [1.807, 2.05) is 36.4 Å². The number of hydrogen-bond donors (Lipinski definition) is 1. The van der Waals surface area contributed by atoms with E-state index in [9.17, 15) is 9.59 Å². The number of hydrogen-bond acceptors (Lipinski definition) is 5. The van der Waals surface area contributed by atoms with Gasteiger partial charge in [-0.1, -0.05) is 36.4 Å². The molecule has 0 aliphatic heterocycles. The Hall–Kier alpha value is -3.80. The molecule has 0 unspecified atom stereocenters. The van der Waals surface area contributed by atoms with Gasteiger partial charge in [-0.05, 0) is 42.0 Å². The zero-order chi connectivity index (χ0) is 20.5. The number of nitrogens with one attached hydrogen (secondary N) is 1. The van der Waals surface area contributed by atoms with Gasteiger partial charge in [0.05, 0.1) is 12.7 Å². The fraction of sp³-hybridized carbons (Fsp3) is 0.130. The smallest absolute Gasteiger partial charge is 0.337 e. The Morgan fingerprint density at radius 3 is 2.24 bits per heavy atom. The number of carbonyl (C=O) groups excluding carboxylic acids is 2. The van der Waals surface area contributed by atoms with Crippen LogP contribution in [0, 0.1) is 0 Å². The maximum atomic E-state index is 12.0. The van der Waals surface area contributed by atoms with E-state index >= 15 is 0 Å². The Morgan fingerprint density at radius 2 is 1.52 bits per heavy atom. The van der Waals surface area contributed by atoms with Crippen LogP contribution in [-0.4, -0.2) is 25.6 Å². The summed E-state index contributed by atoms with van der Waals surface area (Å²) in [6.07, 6.45) is 0. The largest absolute Gasteiger partial charge is 0.484 e. The molecule has 0 aliphatic carbocycles. The molecule has 1 N–H and O–H groups in total. The minimum Gasteiger partial charge on any atom is -0.484 e. The number of ether oxygens (including phenoxy) is 3. The second kappa shape index (κ2) is 9.94. The van der Waals surface area contributed by atoms with E-state index in [0.29, 0.717) is 23.6 Å². The van der Waals surface area contributed by atoms with Gasteiger partial charge in [0.1, 0.15) is 17.2 Å². The summed E-state index contributed by atoms with van der Waals surface area (Å²) in [5.41, 5.74) is 1.33. The van der Waals surface area contributed by atoms with Crippen LogP contribution >= 0.6 is 0 Å². The lowest BCUT2D eigenvalue weighted by Gasteiger charge is -2.10. The highest BCUT2D eigenvalue weighted by molar-refractivity contribution is 5.89. The van der Waals surface area contributed by atoms with Crippen molar-refractivity contribution in [3.05, 3.63) is 90.0 Å². The van der Waals surface area contributed by atoms with Gasteiger partial charge in [0.25, 0.3) is 5.91 Å². The van der Waals surface area contributed by atoms with Gasteiger partial charge < -0.3 is 19.5 Å². The van der Waals surface area contributed by atoms with Gasteiger partial charge >= 0.3 is 5.97 Å². The molecular weight excluding hydrogens is 370 g/mol. The SMILES string of the molecule is COC(=O)c1ccc(CNC(=O)COc2cccc(Oc3ccccc3)c2)cc1. The van der Waals surface area contributed by atoms with Gasteiger partial charge in [-0.25, -0.2) is 4.79 Å². The normalized spacial score (nSPS) is 10.1. The highest BCUT2D eigenvalue weighted by Gasteiger charge is 2.07. The van der Waals surface area contributed by atoms with Crippen molar-refractivity contribution in [1.82, 2.24) is 5.32 Å². The summed E-state index contributed by atoms with van der Waals surface area (Å²) in [5, 5.41) is 2.77. The van der Waals surface area contributed by atoms with Gasteiger partial charge in [-0.3, -0.25) is 4.79 Å². The van der Waals surface area contributed by atoms with Crippen molar-refractivity contribution < 1.29 is 23.8 Å². The third kappa shape index (κ3) is 6.10. The summed E-state index contributed by atoms with van der Waals surface area (Å²) in [6, 6.07) is 23.4. The molecule has 0 radical (unpaired) electrons. The van der Waals surface area contributed by atoms with Crippen molar-refractivity contribution in [3.63, 3.8) is 0 Å². The van der Waals surface area contributed by atoms with Gasteiger partial charge in [0.2, 0.25) is 0 Å². The summed E-state index contributed by atoms with van der Waals surface area (Å²) in [6.45, 7) is 0.218. The first-order valence-corrected chi connectivity index (χ1v) is 9.04. The lowest BCUT2D eigenvalue weighted by atomic mass is 10.1. The van der Waals surface area contributed by atoms with Crippen molar-refractivity contribution in [2.45, 2.75) is 6.54 Å². The summed E-state index contributed by atoms with van der Waals surface area (Å²) >= 11 is 0. The molecule has 6 heteroatoms. The molecule has 0 saturated heterocycles. The van der Waals surface area contributed by atoms with Crippen molar-refractivity contribution in [3.8, 4) is 17.2 Å². The van der Waals surface area contributed by atoms with E-state index in [1.165, 1.54) is 7.11 Å². The predicted octanol–water partition coefficient (Wildman–Crippen LogP) is 3.96. The highest BCUT2D eigenvalue weighted by atomic mass is 16.5. The molecule has 1 amide bonds. The van der Waals surface area contributed by atoms with E-state index in [1.54, 1.807) is 42.5 Å². The molecule has 6 nitrogen and oxygen atoms in total.